The van der Waals surface area contributed by atoms with E-state index in [4.69, 9.17) is 4.74 Å². The highest BCUT2D eigenvalue weighted by Gasteiger charge is 2.30. The van der Waals surface area contributed by atoms with Crippen molar-refractivity contribution in [2.75, 3.05) is 0 Å². The third-order valence-corrected chi connectivity index (χ3v) is 4.95. The molecule has 0 aliphatic heterocycles. The van der Waals surface area contributed by atoms with Gasteiger partial charge in [0.05, 0.1) is 5.92 Å². The lowest BCUT2D eigenvalue weighted by molar-refractivity contribution is -0.157. The molecule has 108 valence electrons. The molecule has 0 aromatic carbocycles. The zero-order valence-corrected chi connectivity index (χ0v) is 12.0. The van der Waals surface area contributed by atoms with Gasteiger partial charge in [-0.15, -0.1) is 0 Å². The first-order valence-electron chi connectivity index (χ1n) is 7.88. The Bertz CT molecular complexity index is 297. The van der Waals surface area contributed by atoms with Gasteiger partial charge in [0.1, 0.15) is 12.4 Å². The van der Waals surface area contributed by atoms with Crippen LogP contribution in [0.5, 0.6) is 0 Å². The zero-order valence-electron chi connectivity index (χ0n) is 12.0. The summed E-state index contributed by atoms with van der Waals surface area (Å²) in [6, 6.07) is 0. The number of ether oxygens (including phenoxy) is 1. The molecule has 0 heterocycles. The minimum Gasteiger partial charge on any atom is -0.462 e. The summed E-state index contributed by atoms with van der Waals surface area (Å²) in [5.74, 6) is 1.15. The summed E-state index contributed by atoms with van der Waals surface area (Å²) in [4.78, 5) is 22.8. The van der Waals surface area contributed by atoms with Crippen molar-refractivity contribution in [2.45, 2.75) is 70.8 Å². The lowest BCUT2D eigenvalue weighted by Crippen LogP contribution is -2.30. The van der Waals surface area contributed by atoms with Crippen LogP contribution >= 0.6 is 0 Å². The van der Waals surface area contributed by atoms with Gasteiger partial charge in [-0.05, 0) is 57.3 Å². The minimum atomic E-state index is 0.0177. The molecule has 2 saturated carbocycles. The van der Waals surface area contributed by atoms with E-state index in [0.29, 0.717) is 0 Å². The monoisotopic (exact) mass is 266 g/mol. The Labute approximate surface area is 116 Å². The normalized spacial score (nSPS) is 35.6. The molecule has 0 spiro atoms. The summed E-state index contributed by atoms with van der Waals surface area (Å²) >= 11 is 0. The molecular formula is C16H26O3. The highest BCUT2D eigenvalue weighted by Crippen LogP contribution is 2.32. The van der Waals surface area contributed by atoms with Gasteiger partial charge in [-0.3, -0.25) is 4.79 Å². The topological polar surface area (TPSA) is 43.4 Å². The van der Waals surface area contributed by atoms with E-state index in [1.54, 1.807) is 0 Å². The van der Waals surface area contributed by atoms with Crippen molar-refractivity contribution in [3.63, 3.8) is 0 Å². The largest absolute Gasteiger partial charge is 0.462 e. The average molecular weight is 266 g/mol. The Morgan fingerprint density at radius 3 is 2.21 bits per heavy atom. The molecule has 2 aliphatic carbocycles. The second-order valence-corrected chi connectivity index (χ2v) is 6.24. The summed E-state index contributed by atoms with van der Waals surface area (Å²) in [5.41, 5.74) is 0. The first kappa shape index (κ1) is 14.5. The number of rotatable bonds is 4. The molecule has 3 nitrogen and oxygen atoms in total. The fraction of sp³-hybridized carbons (Fsp3) is 0.875. The fourth-order valence-corrected chi connectivity index (χ4v) is 3.41. The Balaban J connectivity index is 1.71. The van der Waals surface area contributed by atoms with E-state index in [-0.39, 0.29) is 23.9 Å². The SMILES string of the molecule is CCC1CCC(C(=O)OC2CCC(C=O)CC2)CC1. The van der Waals surface area contributed by atoms with E-state index < -0.39 is 0 Å². The van der Waals surface area contributed by atoms with Crippen LogP contribution in [0.25, 0.3) is 0 Å². The van der Waals surface area contributed by atoms with Gasteiger partial charge in [-0.1, -0.05) is 13.3 Å². The molecule has 2 rings (SSSR count). The summed E-state index contributed by atoms with van der Waals surface area (Å²) < 4.78 is 5.64. The van der Waals surface area contributed by atoms with E-state index in [2.05, 4.69) is 6.92 Å². The minimum absolute atomic E-state index is 0.0177. The molecule has 2 fully saturated rings. The van der Waals surface area contributed by atoms with Crippen molar-refractivity contribution in [1.29, 1.82) is 0 Å². The van der Waals surface area contributed by atoms with Gasteiger partial charge in [-0.25, -0.2) is 0 Å². The summed E-state index contributed by atoms with van der Waals surface area (Å²) in [6.45, 7) is 2.23. The Hall–Kier alpha value is -0.860. The summed E-state index contributed by atoms with van der Waals surface area (Å²) in [6.07, 6.45) is 10.2. The number of hydrogen-bond acceptors (Lipinski definition) is 3. The smallest absolute Gasteiger partial charge is 0.309 e. The molecule has 3 heteroatoms. The molecule has 2 aliphatic rings. The Morgan fingerprint density at radius 2 is 1.68 bits per heavy atom. The van der Waals surface area contributed by atoms with Crippen LogP contribution in [-0.2, 0) is 14.3 Å². The third-order valence-electron chi connectivity index (χ3n) is 4.95. The number of aldehydes is 1. The highest BCUT2D eigenvalue weighted by molar-refractivity contribution is 5.72. The van der Waals surface area contributed by atoms with Gasteiger partial charge >= 0.3 is 5.97 Å². The second-order valence-electron chi connectivity index (χ2n) is 6.24. The Kier molecular flexibility index (Phi) is 5.41. The lowest BCUT2D eigenvalue weighted by Gasteiger charge is -2.30. The van der Waals surface area contributed by atoms with Gasteiger partial charge < -0.3 is 9.53 Å². The number of esters is 1. The van der Waals surface area contributed by atoms with Crippen molar-refractivity contribution in [3.05, 3.63) is 0 Å². The average Bonchev–Trinajstić information content (AvgIpc) is 2.48. The standard InChI is InChI=1S/C16H26O3/c1-2-12-3-7-14(8-4-12)16(18)19-15-9-5-13(11-17)6-10-15/h11-15H,2-10H2,1H3. The van der Waals surface area contributed by atoms with Crippen molar-refractivity contribution >= 4 is 12.3 Å². The number of hydrogen-bond donors (Lipinski definition) is 0. The van der Waals surface area contributed by atoms with E-state index >= 15 is 0 Å². The van der Waals surface area contributed by atoms with Gasteiger partial charge in [0.25, 0.3) is 0 Å². The van der Waals surface area contributed by atoms with Crippen molar-refractivity contribution in [3.8, 4) is 0 Å². The molecule has 0 radical (unpaired) electrons. The first-order chi connectivity index (χ1) is 9.22. The van der Waals surface area contributed by atoms with Crippen LogP contribution in [0.3, 0.4) is 0 Å². The Morgan fingerprint density at radius 1 is 1.05 bits per heavy atom. The molecule has 0 amide bonds. The molecule has 0 unspecified atom stereocenters. The van der Waals surface area contributed by atoms with Crippen LogP contribution in [0.1, 0.15) is 64.7 Å². The molecule has 0 N–H and O–H groups in total. The molecule has 0 atom stereocenters. The van der Waals surface area contributed by atoms with Crippen LogP contribution in [0, 0.1) is 17.8 Å². The predicted octanol–water partition coefficient (Wildman–Crippen LogP) is 3.50. The van der Waals surface area contributed by atoms with Gasteiger partial charge in [0, 0.05) is 5.92 Å². The van der Waals surface area contributed by atoms with Crippen LogP contribution < -0.4 is 0 Å². The second kappa shape index (κ2) is 7.06. The summed E-state index contributed by atoms with van der Waals surface area (Å²) in [5, 5.41) is 0. The maximum absolute atomic E-state index is 12.1. The maximum Gasteiger partial charge on any atom is 0.309 e. The molecule has 0 bridgehead atoms. The van der Waals surface area contributed by atoms with Crippen molar-refractivity contribution < 1.29 is 14.3 Å². The van der Waals surface area contributed by atoms with E-state index in [1.165, 1.54) is 19.3 Å². The van der Waals surface area contributed by atoms with Crippen LogP contribution in [-0.4, -0.2) is 18.4 Å². The fourth-order valence-electron chi connectivity index (χ4n) is 3.41. The van der Waals surface area contributed by atoms with Crippen LogP contribution in [0.15, 0.2) is 0 Å². The van der Waals surface area contributed by atoms with E-state index in [9.17, 15) is 9.59 Å². The van der Waals surface area contributed by atoms with Crippen LogP contribution in [0.2, 0.25) is 0 Å². The third kappa shape index (κ3) is 4.05. The molecular weight excluding hydrogens is 240 g/mol. The van der Waals surface area contributed by atoms with Gasteiger partial charge in [0.2, 0.25) is 0 Å². The van der Waals surface area contributed by atoms with Gasteiger partial charge in [0.15, 0.2) is 0 Å². The van der Waals surface area contributed by atoms with Gasteiger partial charge in [-0.2, -0.15) is 0 Å². The van der Waals surface area contributed by atoms with Crippen LogP contribution in [0.4, 0.5) is 0 Å². The molecule has 0 aromatic rings. The first-order valence-corrected chi connectivity index (χ1v) is 7.88. The van der Waals surface area contributed by atoms with E-state index in [0.717, 1.165) is 50.7 Å². The van der Waals surface area contributed by atoms with E-state index in [1.807, 2.05) is 0 Å². The predicted molar refractivity (Wildman–Crippen MR) is 73.6 cm³/mol. The quantitative estimate of drug-likeness (QED) is 0.577. The highest BCUT2D eigenvalue weighted by atomic mass is 16.5. The van der Waals surface area contributed by atoms with Crippen molar-refractivity contribution in [2.24, 2.45) is 17.8 Å². The maximum atomic E-state index is 12.1. The lowest BCUT2D eigenvalue weighted by atomic mass is 9.81. The zero-order chi connectivity index (χ0) is 13.7. The molecule has 19 heavy (non-hydrogen) atoms. The summed E-state index contributed by atoms with van der Waals surface area (Å²) in [7, 11) is 0. The number of carbonyl (C=O) groups excluding carboxylic acids is 2. The molecule has 0 aromatic heterocycles. The number of carbonyl (C=O) groups is 2. The molecule has 0 saturated heterocycles. The van der Waals surface area contributed by atoms with Crippen molar-refractivity contribution in [1.82, 2.24) is 0 Å².